The molecule has 0 aliphatic heterocycles. The maximum Gasteiger partial charge on any atom is 0.306 e. The van der Waals surface area contributed by atoms with Crippen LogP contribution in [0.3, 0.4) is 0 Å². The molecule has 1 atom stereocenters. The topological polar surface area (TPSA) is 55.8 Å². The van der Waals surface area contributed by atoms with Crippen LogP contribution in [0.4, 0.5) is 0 Å². The third-order valence-corrected chi connectivity index (χ3v) is 3.78. The first kappa shape index (κ1) is 18.5. The normalized spacial score (nSPS) is 12.9. The first-order valence-electron chi connectivity index (χ1n) is 7.66. The summed E-state index contributed by atoms with van der Waals surface area (Å²) in [7, 11) is 1.65. The van der Waals surface area contributed by atoms with Gasteiger partial charge in [-0.3, -0.25) is 4.79 Å². The van der Waals surface area contributed by atoms with Gasteiger partial charge >= 0.3 is 5.97 Å². The number of aliphatic hydroxyl groups excluding tert-OH is 1. The van der Waals surface area contributed by atoms with Crippen molar-refractivity contribution >= 4 is 5.97 Å². The number of carbonyl (C=O) groups is 1. The predicted molar refractivity (Wildman–Crippen MR) is 87.4 cm³/mol. The molecule has 22 heavy (non-hydrogen) atoms. The molecule has 0 spiro atoms. The van der Waals surface area contributed by atoms with E-state index in [4.69, 9.17) is 9.47 Å². The highest BCUT2D eigenvalue weighted by Crippen LogP contribution is 2.31. The van der Waals surface area contributed by atoms with Crippen LogP contribution in [0.1, 0.15) is 56.2 Å². The number of hydrogen-bond donors (Lipinski definition) is 1. The summed E-state index contributed by atoms with van der Waals surface area (Å²) in [4.78, 5) is 11.8. The Morgan fingerprint density at radius 2 is 1.86 bits per heavy atom. The standard InChI is InChI=1S/C18H28O4/c1-12-13(2)16(21-6)9-8-15(12)14(11-19)7-10-17(20)22-18(3,4)5/h8-9,14,19H,7,10-11H2,1-6H3/t14-/m1/s1. The van der Waals surface area contributed by atoms with E-state index in [0.29, 0.717) is 12.8 Å². The maximum atomic E-state index is 11.8. The third-order valence-electron chi connectivity index (χ3n) is 3.78. The molecule has 0 radical (unpaired) electrons. The lowest BCUT2D eigenvalue weighted by Crippen LogP contribution is -2.24. The van der Waals surface area contributed by atoms with Gasteiger partial charge in [0.15, 0.2) is 0 Å². The molecule has 0 unspecified atom stereocenters. The van der Waals surface area contributed by atoms with Gasteiger partial charge in [0.2, 0.25) is 0 Å². The Kier molecular flexibility index (Phi) is 6.42. The molecule has 0 saturated carbocycles. The van der Waals surface area contributed by atoms with E-state index in [1.807, 2.05) is 46.8 Å². The van der Waals surface area contributed by atoms with Gasteiger partial charge in [0, 0.05) is 18.9 Å². The van der Waals surface area contributed by atoms with Gasteiger partial charge < -0.3 is 14.6 Å². The molecule has 0 aliphatic rings. The monoisotopic (exact) mass is 308 g/mol. The Balaban J connectivity index is 2.81. The van der Waals surface area contributed by atoms with Crippen molar-refractivity contribution < 1.29 is 19.4 Å². The second-order valence-corrected chi connectivity index (χ2v) is 6.61. The molecule has 0 aliphatic carbocycles. The SMILES string of the molecule is COc1ccc([C@@H](CO)CCC(=O)OC(C)(C)C)c(C)c1C. The second-order valence-electron chi connectivity index (χ2n) is 6.61. The summed E-state index contributed by atoms with van der Waals surface area (Å²) >= 11 is 0. The lowest BCUT2D eigenvalue weighted by atomic mass is 9.89. The number of carbonyl (C=O) groups excluding carboxylic acids is 1. The quantitative estimate of drug-likeness (QED) is 0.817. The maximum absolute atomic E-state index is 11.8. The minimum Gasteiger partial charge on any atom is -0.496 e. The Labute approximate surface area is 133 Å². The third kappa shape index (κ3) is 5.02. The molecule has 0 aromatic heterocycles. The van der Waals surface area contributed by atoms with Crippen molar-refractivity contribution in [1.29, 1.82) is 0 Å². The van der Waals surface area contributed by atoms with Gasteiger partial charge in [-0.15, -0.1) is 0 Å². The highest BCUT2D eigenvalue weighted by Gasteiger charge is 2.20. The predicted octanol–water partition coefficient (Wildman–Crippen LogP) is 3.51. The lowest BCUT2D eigenvalue weighted by molar-refractivity contribution is -0.155. The summed E-state index contributed by atoms with van der Waals surface area (Å²) in [5.74, 6) is 0.538. The van der Waals surface area contributed by atoms with E-state index in [0.717, 1.165) is 22.4 Å². The van der Waals surface area contributed by atoms with Crippen LogP contribution in [0.2, 0.25) is 0 Å². The van der Waals surface area contributed by atoms with Crippen molar-refractivity contribution in [3.63, 3.8) is 0 Å². The van der Waals surface area contributed by atoms with Crippen LogP contribution >= 0.6 is 0 Å². The Morgan fingerprint density at radius 1 is 1.23 bits per heavy atom. The average molecular weight is 308 g/mol. The van der Waals surface area contributed by atoms with E-state index >= 15 is 0 Å². The van der Waals surface area contributed by atoms with Crippen LogP contribution in [0.15, 0.2) is 12.1 Å². The molecule has 0 saturated heterocycles. The number of rotatable bonds is 6. The van der Waals surface area contributed by atoms with Gasteiger partial charge in [0.05, 0.1) is 7.11 Å². The van der Waals surface area contributed by atoms with Crippen LogP contribution in [0.5, 0.6) is 5.75 Å². The largest absolute Gasteiger partial charge is 0.496 e. The number of esters is 1. The molecule has 0 heterocycles. The van der Waals surface area contributed by atoms with Gasteiger partial charge in [-0.1, -0.05) is 6.07 Å². The van der Waals surface area contributed by atoms with E-state index in [2.05, 4.69) is 0 Å². The fourth-order valence-corrected chi connectivity index (χ4v) is 2.51. The van der Waals surface area contributed by atoms with Crippen molar-refractivity contribution in [2.75, 3.05) is 13.7 Å². The number of methoxy groups -OCH3 is 1. The molecule has 124 valence electrons. The molecular formula is C18H28O4. The van der Waals surface area contributed by atoms with Crippen LogP contribution < -0.4 is 4.74 Å². The Hall–Kier alpha value is -1.55. The van der Waals surface area contributed by atoms with E-state index in [9.17, 15) is 9.90 Å². The molecular weight excluding hydrogens is 280 g/mol. The minimum atomic E-state index is -0.474. The summed E-state index contributed by atoms with van der Waals surface area (Å²) in [6.45, 7) is 9.58. The van der Waals surface area contributed by atoms with Crippen LogP contribution in [0.25, 0.3) is 0 Å². The second kappa shape index (κ2) is 7.63. The van der Waals surface area contributed by atoms with Crippen LogP contribution in [-0.4, -0.2) is 30.4 Å². The smallest absolute Gasteiger partial charge is 0.306 e. The van der Waals surface area contributed by atoms with E-state index < -0.39 is 5.60 Å². The molecule has 0 fully saturated rings. The fourth-order valence-electron chi connectivity index (χ4n) is 2.51. The average Bonchev–Trinajstić information content (AvgIpc) is 2.42. The van der Waals surface area contributed by atoms with Gasteiger partial charge in [0.1, 0.15) is 11.4 Å². The first-order chi connectivity index (χ1) is 10.2. The Morgan fingerprint density at radius 3 is 2.36 bits per heavy atom. The molecule has 0 amide bonds. The zero-order valence-corrected chi connectivity index (χ0v) is 14.5. The van der Waals surface area contributed by atoms with E-state index in [1.165, 1.54) is 0 Å². The van der Waals surface area contributed by atoms with Gasteiger partial charge in [-0.05, 0) is 63.8 Å². The van der Waals surface area contributed by atoms with Crippen molar-refractivity contribution in [1.82, 2.24) is 0 Å². The van der Waals surface area contributed by atoms with Gasteiger partial charge in [0.25, 0.3) is 0 Å². The minimum absolute atomic E-state index is 0.00933. The Bertz CT molecular complexity index is 515. The molecule has 1 N–H and O–H groups in total. The number of benzene rings is 1. The number of ether oxygens (including phenoxy) is 2. The summed E-state index contributed by atoms with van der Waals surface area (Å²) in [5.41, 5.74) is 2.75. The highest BCUT2D eigenvalue weighted by atomic mass is 16.6. The van der Waals surface area contributed by atoms with E-state index in [1.54, 1.807) is 7.11 Å². The van der Waals surface area contributed by atoms with Crippen molar-refractivity contribution in [2.24, 2.45) is 0 Å². The molecule has 1 aromatic carbocycles. The summed E-state index contributed by atoms with van der Waals surface area (Å²) in [6.07, 6.45) is 0.866. The molecule has 0 bridgehead atoms. The lowest BCUT2D eigenvalue weighted by Gasteiger charge is -2.22. The number of aliphatic hydroxyl groups is 1. The molecule has 4 nitrogen and oxygen atoms in total. The summed E-state index contributed by atoms with van der Waals surface area (Å²) < 4.78 is 10.6. The highest BCUT2D eigenvalue weighted by molar-refractivity contribution is 5.70. The van der Waals surface area contributed by atoms with Crippen LogP contribution in [-0.2, 0) is 9.53 Å². The zero-order valence-electron chi connectivity index (χ0n) is 14.5. The molecule has 4 heteroatoms. The van der Waals surface area contributed by atoms with Crippen LogP contribution in [0, 0.1) is 13.8 Å². The van der Waals surface area contributed by atoms with E-state index in [-0.39, 0.29) is 18.5 Å². The fraction of sp³-hybridized carbons (Fsp3) is 0.611. The number of hydrogen-bond acceptors (Lipinski definition) is 4. The molecule has 1 rings (SSSR count). The van der Waals surface area contributed by atoms with Crippen molar-refractivity contribution in [2.45, 2.75) is 59.0 Å². The molecule has 1 aromatic rings. The summed E-state index contributed by atoms with van der Waals surface area (Å²) in [6, 6.07) is 3.88. The zero-order chi connectivity index (χ0) is 16.9. The van der Waals surface area contributed by atoms with Crippen molar-refractivity contribution in [3.05, 3.63) is 28.8 Å². The van der Waals surface area contributed by atoms with Crippen molar-refractivity contribution in [3.8, 4) is 5.75 Å². The van der Waals surface area contributed by atoms with Gasteiger partial charge in [-0.2, -0.15) is 0 Å². The first-order valence-corrected chi connectivity index (χ1v) is 7.66. The van der Waals surface area contributed by atoms with Gasteiger partial charge in [-0.25, -0.2) is 0 Å². The summed E-state index contributed by atoms with van der Waals surface area (Å²) in [5, 5.41) is 9.68.